The molecule has 19 heavy (non-hydrogen) atoms. The van der Waals surface area contributed by atoms with Crippen molar-refractivity contribution in [3.05, 3.63) is 29.8 Å². The van der Waals surface area contributed by atoms with Crippen LogP contribution < -0.4 is 10.1 Å². The van der Waals surface area contributed by atoms with E-state index in [1.54, 1.807) is 0 Å². The van der Waals surface area contributed by atoms with Crippen LogP contribution in [0.4, 0.5) is 0 Å². The molecule has 3 nitrogen and oxygen atoms in total. The summed E-state index contributed by atoms with van der Waals surface area (Å²) in [5, 5.41) is 3.54. The van der Waals surface area contributed by atoms with Gasteiger partial charge in [-0.05, 0) is 51.3 Å². The Morgan fingerprint density at radius 3 is 2.89 bits per heavy atom. The molecule has 2 atom stereocenters. The Bertz CT molecular complexity index is 386. The van der Waals surface area contributed by atoms with E-state index in [1.807, 2.05) is 19.9 Å². The molecular weight excluding hydrogens is 238 g/mol. The summed E-state index contributed by atoms with van der Waals surface area (Å²) in [6, 6.07) is 8.64. The lowest BCUT2D eigenvalue weighted by atomic mass is 10.1. The van der Waals surface area contributed by atoms with Crippen molar-refractivity contribution in [1.82, 2.24) is 5.32 Å². The summed E-state index contributed by atoms with van der Waals surface area (Å²) < 4.78 is 11.4. The first-order valence-corrected chi connectivity index (χ1v) is 7.27. The zero-order chi connectivity index (χ0) is 13.7. The molecule has 1 heterocycles. The maximum atomic E-state index is 5.73. The Morgan fingerprint density at radius 1 is 1.37 bits per heavy atom. The van der Waals surface area contributed by atoms with Crippen molar-refractivity contribution in [2.45, 2.75) is 51.9 Å². The molecule has 2 rings (SSSR count). The maximum absolute atomic E-state index is 5.73. The van der Waals surface area contributed by atoms with E-state index < -0.39 is 0 Å². The van der Waals surface area contributed by atoms with Gasteiger partial charge >= 0.3 is 0 Å². The summed E-state index contributed by atoms with van der Waals surface area (Å²) in [6.45, 7) is 8.12. The van der Waals surface area contributed by atoms with Gasteiger partial charge in [-0.25, -0.2) is 0 Å². The fourth-order valence-electron chi connectivity index (χ4n) is 2.36. The first-order chi connectivity index (χ1) is 9.15. The number of hydrogen-bond donors (Lipinski definition) is 1. The molecule has 0 aliphatic carbocycles. The molecule has 106 valence electrons. The van der Waals surface area contributed by atoms with Crippen molar-refractivity contribution in [3.8, 4) is 5.75 Å². The first-order valence-electron chi connectivity index (χ1n) is 7.27. The molecule has 1 aromatic carbocycles. The highest BCUT2D eigenvalue weighted by Crippen LogP contribution is 2.20. The summed E-state index contributed by atoms with van der Waals surface area (Å²) >= 11 is 0. The fraction of sp³-hybridized carbons (Fsp3) is 0.625. The zero-order valence-electron chi connectivity index (χ0n) is 12.2. The Balaban J connectivity index is 1.88. The summed E-state index contributed by atoms with van der Waals surface area (Å²) in [5.74, 6) is 0.943. The molecule has 1 saturated heterocycles. The molecular formula is C16H25NO2. The standard InChI is InChI=1S/C16H25NO2/c1-12(2)19-15-7-4-6-14(10-15)13(3)17-11-16-8-5-9-18-16/h4,6-7,10,12-13,16-17H,5,8-9,11H2,1-3H3/t13-,16+/m1/s1. The van der Waals surface area contributed by atoms with Gasteiger partial charge in [-0.3, -0.25) is 0 Å². The molecule has 1 aliphatic heterocycles. The quantitative estimate of drug-likeness (QED) is 0.854. The van der Waals surface area contributed by atoms with Crippen molar-refractivity contribution in [1.29, 1.82) is 0 Å². The minimum Gasteiger partial charge on any atom is -0.491 e. The number of hydrogen-bond acceptors (Lipinski definition) is 3. The average Bonchev–Trinajstić information content (AvgIpc) is 2.88. The van der Waals surface area contributed by atoms with Crippen molar-refractivity contribution >= 4 is 0 Å². The Kier molecular flexibility index (Phi) is 5.23. The predicted octanol–water partition coefficient (Wildman–Crippen LogP) is 3.30. The molecule has 1 fully saturated rings. The molecule has 0 spiro atoms. The van der Waals surface area contributed by atoms with Gasteiger partial charge in [-0.1, -0.05) is 12.1 Å². The SMILES string of the molecule is CC(C)Oc1cccc([C@@H](C)NC[C@@H]2CCCO2)c1. The van der Waals surface area contributed by atoms with Crippen LogP contribution in [-0.4, -0.2) is 25.4 Å². The highest BCUT2D eigenvalue weighted by molar-refractivity contribution is 5.30. The number of nitrogens with one attached hydrogen (secondary N) is 1. The van der Waals surface area contributed by atoms with Crippen molar-refractivity contribution < 1.29 is 9.47 Å². The normalized spacial score (nSPS) is 20.7. The van der Waals surface area contributed by atoms with Gasteiger partial charge in [0.2, 0.25) is 0 Å². The van der Waals surface area contributed by atoms with Crippen LogP contribution in [0.5, 0.6) is 5.75 Å². The molecule has 1 aliphatic rings. The molecule has 0 saturated carbocycles. The van der Waals surface area contributed by atoms with E-state index in [9.17, 15) is 0 Å². The van der Waals surface area contributed by atoms with Crippen LogP contribution in [0.2, 0.25) is 0 Å². The molecule has 1 aromatic rings. The topological polar surface area (TPSA) is 30.5 Å². The summed E-state index contributed by atoms with van der Waals surface area (Å²) in [5.41, 5.74) is 1.26. The van der Waals surface area contributed by atoms with Gasteiger partial charge in [0.1, 0.15) is 5.75 Å². The van der Waals surface area contributed by atoms with E-state index in [1.165, 1.54) is 18.4 Å². The van der Waals surface area contributed by atoms with E-state index in [0.29, 0.717) is 12.1 Å². The lowest BCUT2D eigenvalue weighted by Crippen LogP contribution is -2.28. The van der Waals surface area contributed by atoms with Crippen LogP contribution in [0.3, 0.4) is 0 Å². The molecule has 1 N–H and O–H groups in total. The lowest BCUT2D eigenvalue weighted by Gasteiger charge is -2.18. The van der Waals surface area contributed by atoms with Crippen molar-refractivity contribution in [2.75, 3.05) is 13.2 Å². The molecule has 0 unspecified atom stereocenters. The van der Waals surface area contributed by atoms with Crippen LogP contribution in [0.1, 0.15) is 45.2 Å². The zero-order valence-corrected chi connectivity index (χ0v) is 12.2. The Hall–Kier alpha value is -1.06. The largest absolute Gasteiger partial charge is 0.491 e. The average molecular weight is 263 g/mol. The second-order valence-electron chi connectivity index (χ2n) is 5.50. The minimum atomic E-state index is 0.213. The van der Waals surface area contributed by atoms with Crippen LogP contribution in [0.15, 0.2) is 24.3 Å². The fourth-order valence-corrected chi connectivity index (χ4v) is 2.36. The highest BCUT2D eigenvalue weighted by Gasteiger charge is 2.16. The summed E-state index contributed by atoms with van der Waals surface area (Å²) in [6.07, 6.45) is 2.97. The van der Waals surface area contributed by atoms with E-state index in [-0.39, 0.29) is 6.10 Å². The predicted molar refractivity (Wildman–Crippen MR) is 77.6 cm³/mol. The number of rotatable bonds is 6. The van der Waals surface area contributed by atoms with Gasteiger partial charge in [-0.15, -0.1) is 0 Å². The molecule has 0 amide bonds. The monoisotopic (exact) mass is 263 g/mol. The van der Waals surface area contributed by atoms with Crippen LogP contribution >= 0.6 is 0 Å². The van der Waals surface area contributed by atoms with Gasteiger partial charge in [-0.2, -0.15) is 0 Å². The third-order valence-electron chi connectivity index (χ3n) is 3.41. The van der Waals surface area contributed by atoms with Gasteiger partial charge in [0.25, 0.3) is 0 Å². The van der Waals surface area contributed by atoms with E-state index in [0.717, 1.165) is 18.9 Å². The van der Waals surface area contributed by atoms with Crippen molar-refractivity contribution in [3.63, 3.8) is 0 Å². The molecule has 0 radical (unpaired) electrons. The van der Waals surface area contributed by atoms with E-state index >= 15 is 0 Å². The third-order valence-corrected chi connectivity index (χ3v) is 3.41. The maximum Gasteiger partial charge on any atom is 0.120 e. The van der Waals surface area contributed by atoms with E-state index in [2.05, 4.69) is 30.4 Å². The summed E-state index contributed by atoms with van der Waals surface area (Å²) in [7, 11) is 0. The second kappa shape index (κ2) is 6.92. The minimum absolute atomic E-state index is 0.213. The van der Waals surface area contributed by atoms with Crippen LogP contribution in [0.25, 0.3) is 0 Å². The first kappa shape index (κ1) is 14.4. The third kappa shape index (κ3) is 4.51. The van der Waals surface area contributed by atoms with Gasteiger partial charge < -0.3 is 14.8 Å². The molecule has 3 heteroatoms. The van der Waals surface area contributed by atoms with Crippen LogP contribution in [-0.2, 0) is 4.74 Å². The number of ether oxygens (including phenoxy) is 2. The second-order valence-corrected chi connectivity index (χ2v) is 5.50. The van der Waals surface area contributed by atoms with E-state index in [4.69, 9.17) is 9.47 Å². The Labute approximate surface area is 116 Å². The van der Waals surface area contributed by atoms with Crippen LogP contribution in [0, 0.1) is 0 Å². The lowest BCUT2D eigenvalue weighted by molar-refractivity contribution is 0.108. The Morgan fingerprint density at radius 2 is 2.21 bits per heavy atom. The smallest absolute Gasteiger partial charge is 0.120 e. The van der Waals surface area contributed by atoms with Gasteiger partial charge in [0.05, 0.1) is 12.2 Å². The molecule has 0 aromatic heterocycles. The summed E-state index contributed by atoms with van der Waals surface area (Å²) in [4.78, 5) is 0. The molecule has 0 bridgehead atoms. The highest BCUT2D eigenvalue weighted by atomic mass is 16.5. The van der Waals surface area contributed by atoms with Gasteiger partial charge in [0, 0.05) is 19.2 Å². The van der Waals surface area contributed by atoms with Gasteiger partial charge in [0.15, 0.2) is 0 Å². The van der Waals surface area contributed by atoms with Crippen molar-refractivity contribution in [2.24, 2.45) is 0 Å². The number of benzene rings is 1.